The molecule has 0 amide bonds. The summed E-state index contributed by atoms with van der Waals surface area (Å²) in [5.41, 5.74) is 2.46. The van der Waals surface area contributed by atoms with E-state index in [1.54, 1.807) is 7.11 Å². The molecule has 0 aliphatic heterocycles. The zero-order chi connectivity index (χ0) is 13.4. The standard InChI is InChI=1S/C14H24O3Si/c1-16-8-9-17-12-14-6-4-5-13(11-14)7-10-18(2,3)15/h4-6,11,15H,7-10,12H2,1-3H3. The Morgan fingerprint density at radius 1 is 1.17 bits per heavy atom. The minimum absolute atomic E-state index is 0.622. The highest BCUT2D eigenvalue weighted by Gasteiger charge is 2.16. The van der Waals surface area contributed by atoms with Crippen molar-refractivity contribution >= 4 is 8.32 Å². The number of aryl methyl sites for hydroxylation is 1. The van der Waals surface area contributed by atoms with Crippen LogP contribution in [0.4, 0.5) is 0 Å². The van der Waals surface area contributed by atoms with E-state index >= 15 is 0 Å². The van der Waals surface area contributed by atoms with Crippen LogP contribution in [0, 0.1) is 0 Å². The Hall–Kier alpha value is -0.683. The van der Waals surface area contributed by atoms with Crippen molar-refractivity contribution in [2.75, 3.05) is 20.3 Å². The fraction of sp³-hybridized carbons (Fsp3) is 0.571. The SMILES string of the molecule is COCCOCc1cccc(CC[Si](C)(C)O)c1. The third kappa shape index (κ3) is 6.91. The predicted octanol–water partition coefficient (Wildman–Crippen LogP) is 2.59. The highest BCUT2D eigenvalue weighted by molar-refractivity contribution is 6.69. The zero-order valence-electron chi connectivity index (χ0n) is 11.6. The number of hydrogen-bond donors (Lipinski definition) is 1. The van der Waals surface area contributed by atoms with Gasteiger partial charge >= 0.3 is 0 Å². The van der Waals surface area contributed by atoms with Crippen molar-refractivity contribution in [1.29, 1.82) is 0 Å². The number of hydrogen-bond acceptors (Lipinski definition) is 3. The third-order valence-corrected chi connectivity index (χ3v) is 4.19. The lowest BCUT2D eigenvalue weighted by molar-refractivity contribution is 0.0616. The molecule has 0 unspecified atom stereocenters. The molecule has 0 aromatic heterocycles. The fourth-order valence-electron chi connectivity index (χ4n) is 1.66. The molecular weight excluding hydrogens is 244 g/mol. The highest BCUT2D eigenvalue weighted by atomic mass is 28.4. The van der Waals surface area contributed by atoms with Crippen molar-refractivity contribution in [2.24, 2.45) is 0 Å². The molecule has 1 rings (SSSR count). The molecule has 102 valence electrons. The first kappa shape index (κ1) is 15.4. The van der Waals surface area contributed by atoms with Crippen molar-refractivity contribution in [3.8, 4) is 0 Å². The van der Waals surface area contributed by atoms with Crippen LogP contribution in [0.5, 0.6) is 0 Å². The van der Waals surface area contributed by atoms with Crippen LogP contribution >= 0.6 is 0 Å². The van der Waals surface area contributed by atoms with Crippen LogP contribution in [0.1, 0.15) is 11.1 Å². The Bertz CT molecular complexity index is 347. The molecule has 1 aromatic carbocycles. The van der Waals surface area contributed by atoms with Gasteiger partial charge in [-0.3, -0.25) is 0 Å². The monoisotopic (exact) mass is 268 g/mol. The van der Waals surface area contributed by atoms with Gasteiger partial charge in [-0.2, -0.15) is 0 Å². The quantitative estimate of drug-likeness (QED) is 0.582. The lowest BCUT2D eigenvalue weighted by Gasteiger charge is -2.14. The van der Waals surface area contributed by atoms with E-state index in [1.807, 2.05) is 13.1 Å². The van der Waals surface area contributed by atoms with E-state index in [1.165, 1.54) is 11.1 Å². The van der Waals surface area contributed by atoms with Gasteiger partial charge in [0.05, 0.1) is 19.8 Å². The normalized spacial score (nSPS) is 11.8. The number of methoxy groups -OCH3 is 1. The summed E-state index contributed by atoms with van der Waals surface area (Å²) in [6.07, 6.45) is 0.946. The molecule has 0 saturated carbocycles. The molecule has 0 spiro atoms. The molecule has 1 aromatic rings. The Morgan fingerprint density at radius 2 is 1.89 bits per heavy atom. The summed E-state index contributed by atoms with van der Waals surface area (Å²) in [4.78, 5) is 9.85. The van der Waals surface area contributed by atoms with Gasteiger partial charge in [-0.05, 0) is 36.7 Å². The molecule has 0 aliphatic carbocycles. The van der Waals surface area contributed by atoms with E-state index in [0.717, 1.165) is 12.5 Å². The second-order valence-corrected chi connectivity index (χ2v) is 9.30. The summed E-state index contributed by atoms with van der Waals surface area (Å²) in [6.45, 7) is 5.83. The topological polar surface area (TPSA) is 38.7 Å². The van der Waals surface area contributed by atoms with Crippen LogP contribution in [-0.2, 0) is 22.5 Å². The third-order valence-electron chi connectivity index (χ3n) is 2.72. The summed E-state index contributed by atoms with van der Waals surface area (Å²) in [6, 6.07) is 9.29. The summed E-state index contributed by atoms with van der Waals surface area (Å²) >= 11 is 0. The van der Waals surface area contributed by atoms with Crippen molar-refractivity contribution in [2.45, 2.75) is 32.2 Å². The van der Waals surface area contributed by atoms with Gasteiger partial charge in [-0.15, -0.1) is 0 Å². The molecule has 0 bridgehead atoms. The Labute approximate surface area is 111 Å². The van der Waals surface area contributed by atoms with Crippen LogP contribution in [0.2, 0.25) is 19.1 Å². The van der Waals surface area contributed by atoms with Gasteiger partial charge in [0.25, 0.3) is 0 Å². The van der Waals surface area contributed by atoms with Gasteiger partial charge in [0, 0.05) is 7.11 Å². The van der Waals surface area contributed by atoms with Gasteiger partial charge in [-0.25, -0.2) is 0 Å². The maximum atomic E-state index is 9.85. The average Bonchev–Trinajstić information content (AvgIpc) is 2.32. The van der Waals surface area contributed by atoms with Gasteiger partial charge in [0.1, 0.15) is 0 Å². The van der Waals surface area contributed by atoms with Crippen molar-refractivity contribution in [3.05, 3.63) is 35.4 Å². The number of benzene rings is 1. The van der Waals surface area contributed by atoms with Crippen LogP contribution < -0.4 is 0 Å². The minimum Gasteiger partial charge on any atom is -0.432 e. The van der Waals surface area contributed by atoms with Crippen molar-refractivity contribution < 1.29 is 14.3 Å². The molecule has 0 heterocycles. The average molecular weight is 268 g/mol. The van der Waals surface area contributed by atoms with Crippen LogP contribution in [0.3, 0.4) is 0 Å². The zero-order valence-corrected chi connectivity index (χ0v) is 12.6. The van der Waals surface area contributed by atoms with E-state index in [2.05, 4.69) is 24.3 Å². The lowest BCUT2D eigenvalue weighted by atomic mass is 10.1. The van der Waals surface area contributed by atoms with Gasteiger partial charge < -0.3 is 14.3 Å². The Kier molecular flexibility index (Phi) is 6.57. The van der Waals surface area contributed by atoms with E-state index < -0.39 is 8.32 Å². The second kappa shape index (κ2) is 7.69. The predicted molar refractivity (Wildman–Crippen MR) is 76.2 cm³/mol. The van der Waals surface area contributed by atoms with E-state index in [0.29, 0.717) is 19.8 Å². The van der Waals surface area contributed by atoms with Crippen LogP contribution in [-0.4, -0.2) is 33.4 Å². The van der Waals surface area contributed by atoms with E-state index in [4.69, 9.17) is 9.47 Å². The summed E-state index contributed by atoms with van der Waals surface area (Å²) in [5.74, 6) is 0. The van der Waals surface area contributed by atoms with Crippen molar-refractivity contribution in [3.63, 3.8) is 0 Å². The van der Waals surface area contributed by atoms with E-state index in [9.17, 15) is 4.80 Å². The second-order valence-electron chi connectivity index (χ2n) is 5.18. The first-order chi connectivity index (χ1) is 8.51. The largest absolute Gasteiger partial charge is 0.432 e. The summed E-state index contributed by atoms with van der Waals surface area (Å²) in [5, 5.41) is 0. The summed E-state index contributed by atoms with van der Waals surface area (Å²) < 4.78 is 10.4. The Balaban J connectivity index is 2.41. The molecule has 0 radical (unpaired) electrons. The number of rotatable bonds is 8. The smallest absolute Gasteiger partial charge is 0.182 e. The molecule has 0 aliphatic rings. The molecule has 18 heavy (non-hydrogen) atoms. The molecule has 0 saturated heterocycles. The molecule has 0 fully saturated rings. The van der Waals surface area contributed by atoms with Gasteiger partial charge in [0.2, 0.25) is 0 Å². The first-order valence-corrected chi connectivity index (χ1v) is 9.53. The van der Waals surface area contributed by atoms with Crippen LogP contribution in [0.25, 0.3) is 0 Å². The molecule has 4 heteroatoms. The van der Waals surface area contributed by atoms with Crippen LogP contribution in [0.15, 0.2) is 24.3 Å². The van der Waals surface area contributed by atoms with Gasteiger partial charge in [0.15, 0.2) is 8.32 Å². The molecule has 0 atom stereocenters. The maximum absolute atomic E-state index is 9.85. The molecule has 1 N–H and O–H groups in total. The molecular formula is C14H24O3Si. The highest BCUT2D eigenvalue weighted by Crippen LogP contribution is 2.13. The summed E-state index contributed by atoms with van der Waals surface area (Å²) in [7, 11) is -0.270. The fourth-order valence-corrected chi connectivity index (χ4v) is 2.56. The Morgan fingerprint density at radius 3 is 2.56 bits per heavy atom. The lowest BCUT2D eigenvalue weighted by Crippen LogP contribution is -2.25. The maximum Gasteiger partial charge on any atom is 0.182 e. The number of ether oxygens (including phenoxy) is 2. The van der Waals surface area contributed by atoms with E-state index in [-0.39, 0.29) is 0 Å². The minimum atomic E-state index is -1.94. The molecule has 3 nitrogen and oxygen atoms in total. The van der Waals surface area contributed by atoms with Crippen molar-refractivity contribution in [1.82, 2.24) is 0 Å². The first-order valence-electron chi connectivity index (χ1n) is 6.38. The van der Waals surface area contributed by atoms with Gasteiger partial charge in [-0.1, -0.05) is 24.3 Å².